The van der Waals surface area contributed by atoms with E-state index < -0.39 is 15.3 Å². The smallest absolute Gasteiger partial charge is 0.233 e. The zero-order chi connectivity index (χ0) is 14.7. The van der Waals surface area contributed by atoms with Gasteiger partial charge in [-0.3, -0.25) is 4.79 Å². The van der Waals surface area contributed by atoms with Crippen LogP contribution in [0.3, 0.4) is 0 Å². The second kappa shape index (κ2) is 5.77. The van der Waals surface area contributed by atoms with Crippen LogP contribution in [-0.4, -0.2) is 43.9 Å². The second-order valence-electron chi connectivity index (χ2n) is 5.32. The molecule has 19 heavy (non-hydrogen) atoms. The maximum absolute atomic E-state index is 12.1. The van der Waals surface area contributed by atoms with Crippen LogP contribution in [0.2, 0.25) is 0 Å². The average Bonchev–Trinajstić information content (AvgIpc) is 2.27. The van der Waals surface area contributed by atoms with Crippen LogP contribution in [0.25, 0.3) is 0 Å². The first-order chi connectivity index (χ1) is 8.71. The molecule has 0 spiro atoms. The van der Waals surface area contributed by atoms with E-state index in [0.717, 1.165) is 6.26 Å². The van der Waals surface area contributed by atoms with E-state index in [2.05, 4.69) is 10.5 Å². The van der Waals surface area contributed by atoms with Gasteiger partial charge in [0.2, 0.25) is 5.91 Å². The van der Waals surface area contributed by atoms with Crippen molar-refractivity contribution in [2.45, 2.75) is 26.2 Å². The molecule has 1 rings (SSSR count). The normalized spacial score (nSPS) is 27.7. The van der Waals surface area contributed by atoms with Crippen molar-refractivity contribution >= 4 is 21.6 Å². The lowest BCUT2D eigenvalue weighted by Gasteiger charge is -2.43. The van der Waals surface area contributed by atoms with E-state index in [-0.39, 0.29) is 24.0 Å². The highest BCUT2D eigenvalue weighted by atomic mass is 32.2. The number of amidine groups is 1. The number of rotatable bonds is 6. The van der Waals surface area contributed by atoms with Gasteiger partial charge in [-0.1, -0.05) is 12.1 Å². The molecule has 1 aliphatic rings. The van der Waals surface area contributed by atoms with Gasteiger partial charge in [0.25, 0.3) is 0 Å². The Kier molecular flexibility index (Phi) is 4.78. The summed E-state index contributed by atoms with van der Waals surface area (Å²) >= 11 is 0. The van der Waals surface area contributed by atoms with Crippen LogP contribution in [-0.2, 0) is 14.6 Å². The Hall–Kier alpha value is -1.31. The van der Waals surface area contributed by atoms with E-state index in [0.29, 0.717) is 25.2 Å². The van der Waals surface area contributed by atoms with Crippen molar-refractivity contribution in [3.05, 3.63) is 0 Å². The molecule has 0 aromatic rings. The maximum Gasteiger partial charge on any atom is 0.233 e. The molecule has 1 amide bonds. The summed E-state index contributed by atoms with van der Waals surface area (Å²) in [5.41, 5.74) is 4.66. The van der Waals surface area contributed by atoms with Crippen molar-refractivity contribution in [2.75, 3.05) is 18.6 Å². The van der Waals surface area contributed by atoms with Gasteiger partial charge in [-0.2, -0.15) is 0 Å². The van der Waals surface area contributed by atoms with Crippen LogP contribution in [0.5, 0.6) is 0 Å². The minimum atomic E-state index is -3.02. The van der Waals surface area contributed by atoms with Crippen LogP contribution in [0, 0.1) is 11.3 Å². The summed E-state index contributed by atoms with van der Waals surface area (Å²) < 4.78 is 21.9. The summed E-state index contributed by atoms with van der Waals surface area (Å²) in [7, 11) is -3.02. The largest absolute Gasteiger partial charge is 0.409 e. The molecular formula is C11H21N3O4S. The monoisotopic (exact) mass is 291 g/mol. The van der Waals surface area contributed by atoms with E-state index in [1.807, 2.05) is 6.92 Å². The highest BCUT2D eigenvalue weighted by molar-refractivity contribution is 7.90. The number of nitrogens with two attached hydrogens (primary N) is 1. The van der Waals surface area contributed by atoms with Crippen molar-refractivity contribution in [3.63, 3.8) is 0 Å². The molecule has 110 valence electrons. The molecular weight excluding hydrogens is 270 g/mol. The van der Waals surface area contributed by atoms with E-state index >= 15 is 0 Å². The van der Waals surface area contributed by atoms with Gasteiger partial charge in [-0.15, -0.1) is 0 Å². The fourth-order valence-electron chi connectivity index (χ4n) is 2.44. The summed E-state index contributed by atoms with van der Waals surface area (Å²) in [4.78, 5) is 12.1. The molecule has 0 aromatic heterocycles. The lowest BCUT2D eigenvalue weighted by atomic mass is 9.61. The number of carbonyl (C=O) groups excluding carboxylic acids is 1. The molecule has 7 nitrogen and oxygen atoms in total. The Morgan fingerprint density at radius 2 is 2.11 bits per heavy atom. The van der Waals surface area contributed by atoms with Crippen molar-refractivity contribution in [3.8, 4) is 0 Å². The summed E-state index contributed by atoms with van der Waals surface area (Å²) in [5, 5.41) is 14.4. The summed E-state index contributed by atoms with van der Waals surface area (Å²) in [6, 6.07) is 0. The zero-order valence-electron chi connectivity index (χ0n) is 11.2. The number of nitrogens with one attached hydrogen (secondary N) is 1. The Labute approximate surface area is 113 Å². The van der Waals surface area contributed by atoms with E-state index in [1.54, 1.807) is 0 Å². The molecule has 0 saturated heterocycles. The number of hydrogen-bond donors (Lipinski definition) is 3. The molecule has 0 aliphatic heterocycles. The Morgan fingerprint density at radius 3 is 2.53 bits per heavy atom. The number of sulfone groups is 1. The van der Waals surface area contributed by atoms with Crippen LogP contribution >= 0.6 is 0 Å². The molecule has 1 saturated carbocycles. The predicted octanol–water partition coefficient (Wildman–Crippen LogP) is -0.300. The number of amides is 1. The lowest BCUT2D eigenvalue weighted by Crippen LogP contribution is -2.56. The van der Waals surface area contributed by atoms with Gasteiger partial charge in [0, 0.05) is 12.8 Å². The van der Waals surface area contributed by atoms with Gasteiger partial charge in [0.05, 0.1) is 5.75 Å². The average molecular weight is 291 g/mol. The lowest BCUT2D eigenvalue weighted by molar-refractivity contribution is -0.133. The third kappa shape index (κ3) is 3.82. The Bertz CT molecular complexity index is 466. The third-order valence-electron chi connectivity index (χ3n) is 3.40. The molecule has 1 aliphatic carbocycles. The first-order valence-electron chi connectivity index (χ1n) is 6.15. The van der Waals surface area contributed by atoms with Crippen molar-refractivity contribution in [2.24, 2.45) is 22.2 Å². The summed E-state index contributed by atoms with van der Waals surface area (Å²) in [6.45, 7) is 2.25. The highest BCUT2D eigenvalue weighted by Crippen LogP contribution is 2.45. The van der Waals surface area contributed by atoms with E-state index in [9.17, 15) is 13.2 Å². The molecule has 0 heterocycles. The second-order valence-corrected chi connectivity index (χ2v) is 7.58. The number of nitrogens with zero attached hydrogens (tertiary/aromatic N) is 1. The fraction of sp³-hybridized carbons (Fsp3) is 0.818. The minimum absolute atomic E-state index is 0.0280. The topological polar surface area (TPSA) is 122 Å². The molecule has 0 radical (unpaired) electrons. The number of carbonyl (C=O) groups is 1. The first kappa shape index (κ1) is 15.7. The van der Waals surface area contributed by atoms with Gasteiger partial charge in [0.1, 0.15) is 15.3 Å². The standard InChI is InChI=1S/C11H21N3O4S/c1-8-6-11(7-8,9(12)14-16)10(15)13-4-3-5-19(2,17)18/h8,16H,3-7H2,1-2H3,(H2,12,14)(H,13,15). The summed E-state index contributed by atoms with van der Waals surface area (Å²) in [6.07, 6.45) is 2.59. The summed E-state index contributed by atoms with van der Waals surface area (Å²) in [5.74, 6) is 0.00274. The van der Waals surface area contributed by atoms with Crippen molar-refractivity contribution < 1.29 is 18.4 Å². The third-order valence-corrected chi connectivity index (χ3v) is 4.43. The number of hydrogen-bond acceptors (Lipinski definition) is 5. The quantitative estimate of drug-likeness (QED) is 0.204. The fourth-order valence-corrected chi connectivity index (χ4v) is 3.11. The number of oxime groups is 1. The molecule has 1 fully saturated rings. The van der Waals surface area contributed by atoms with Crippen molar-refractivity contribution in [1.29, 1.82) is 0 Å². The van der Waals surface area contributed by atoms with Crippen LogP contribution in [0.1, 0.15) is 26.2 Å². The Morgan fingerprint density at radius 1 is 1.53 bits per heavy atom. The van der Waals surface area contributed by atoms with Crippen LogP contribution in [0.4, 0.5) is 0 Å². The van der Waals surface area contributed by atoms with E-state index in [1.165, 1.54) is 0 Å². The maximum atomic E-state index is 12.1. The van der Waals surface area contributed by atoms with Gasteiger partial charge in [-0.05, 0) is 25.2 Å². The van der Waals surface area contributed by atoms with Gasteiger partial charge < -0.3 is 16.3 Å². The molecule has 4 N–H and O–H groups in total. The molecule has 0 atom stereocenters. The zero-order valence-corrected chi connectivity index (χ0v) is 12.0. The predicted molar refractivity (Wildman–Crippen MR) is 71.6 cm³/mol. The molecule has 0 bridgehead atoms. The molecule has 0 unspecified atom stereocenters. The van der Waals surface area contributed by atoms with Gasteiger partial charge >= 0.3 is 0 Å². The SMILES string of the molecule is CC1CC(C(=O)NCCCS(C)(=O)=O)(C(N)=NO)C1. The van der Waals surface area contributed by atoms with E-state index in [4.69, 9.17) is 10.9 Å². The van der Waals surface area contributed by atoms with Crippen LogP contribution in [0.15, 0.2) is 5.16 Å². The van der Waals surface area contributed by atoms with Crippen molar-refractivity contribution in [1.82, 2.24) is 5.32 Å². The Balaban J connectivity index is 2.52. The molecule has 0 aromatic carbocycles. The van der Waals surface area contributed by atoms with Crippen LogP contribution < -0.4 is 11.1 Å². The van der Waals surface area contributed by atoms with Gasteiger partial charge in [0.15, 0.2) is 5.84 Å². The van der Waals surface area contributed by atoms with Gasteiger partial charge in [-0.25, -0.2) is 8.42 Å². The molecule has 8 heteroatoms. The first-order valence-corrected chi connectivity index (χ1v) is 8.21. The minimum Gasteiger partial charge on any atom is -0.409 e. The highest BCUT2D eigenvalue weighted by Gasteiger charge is 2.51.